The number of hydrogen-bond acceptors (Lipinski definition) is 2. The van der Waals surface area contributed by atoms with Crippen LogP contribution in [0.1, 0.15) is 46.5 Å². The van der Waals surface area contributed by atoms with E-state index in [-0.39, 0.29) is 6.10 Å². The van der Waals surface area contributed by atoms with Gasteiger partial charge in [-0.15, -0.1) is 0 Å². The number of nitriles is 1. The van der Waals surface area contributed by atoms with Crippen molar-refractivity contribution in [3.8, 4) is 6.26 Å². The van der Waals surface area contributed by atoms with Gasteiger partial charge in [0.2, 0.25) is 0 Å². The van der Waals surface area contributed by atoms with E-state index in [0.717, 1.165) is 12.3 Å². The second-order valence-corrected chi connectivity index (χ2v) is 4.57. The molecular formula is C12H21NO. The zero-order valence-electron chi connectivity index (χ0n) is 9.49. The highest BCUT2D eigenvalue weighted by molar-refractivity contribution is 4.85. The Kier molecular flexibility index (Phi) is 4.25. The second-order valence-electron chi connectivity index (χ2n) is 4.57. The van der Waals surface area contributed by atoms with Crippen molar-refractivity contribution >= 4 is 0 Å². The maximum absolute atomic E-state index is 8.60. The number of hydrogen-bond donors (Lipinski definition) is 0. The molecule has 1 aliphatic rings. The molecule has 1 saturated carbocycles. The second kappa shape index (κ2) is 5.24. The summed E-state index contributed by atoms with van der Waals surface area (Å²) in [6, 6.07) is 0. The van der Waals surface area contributed by atoms with Crippen LogP contribution in [0.5, 0.6) is 0 Å². The lowest BCUT2D eigenvalue weighted by molar-refractivity contribution is -0.00143. The summed E-state index contributed by atoms with van der Waals surface area (Å²) in [6.45, 7) is 6.67. The fraction of sp³-hybridized carbons (Fsp3) is 0.917. The molecule has 2 nitrogen and oxygen atoms in total. The minimum absolute atomic E-state index is 0.174. The summed E-state index contributed by atoms with van der Waals surface area (Å²) in [6.07, 6.45) is 6.90. The Morgan fingerprint density at radius 3 is 2.50 bits per heavy atom. The van der Waals surface area contributed by atoms with Crippen LogP contribution < -0.4 is 0 Å². The third kappa shape index (κ3) is 2.41. The van der Waals surface area contributed by atoms with Gasteiger partial charge in [-0.25, -0.2) is 0 Å². The topological polar surface area (TPSA) is 33.0 Å². The predicted molar refractivity (Wildman–Crippen MR) is 56.4 cm³/mol. The Hall–Kier alpha value is -0.710. The quantitative estimate of drug-likeness (QED) is 0.647. The van der Waals surface area contributed by atoms with Gasteiger partial charge in [-0.3, -0.25) is 0 Å². The van der Waals surface area contributed by atoms with Crippen molar-refractivity contribution in [2.75, 3.05) is 0 Å². The molecule has 0 heterocycles. The lowest BCUT2D eigenvalue weighted by Gasteiger charge is -2.38. The number of rotatable bonds is 3. The molecule has 0 amide bonds. The van der Waals surface area contributed by atoms with Gasteiger partial charge in [0.25, 0.3) is 6.26 Å². The van der Waals surface area contributed by atoms with Crippen molar-refractivity contribution in [3.05, 3.63) is 0 Å². The van der Waals surface area contributed by atoms with E-state index in [9.17, 15) is 0 Å². The van der Waals surface area contributed by atoms with Crippen LogP contribution in [0.3, 0.4) is 0 Å². The predicted octanol–water partition coefficient (Wildman–Crippen LogP) is 3.33. The molecule has 4 atom stereocenters. The molecule has 0 radical (unpaired) electrons. The van der Waals surface area contributed by atoms with E-state index < -0.39 is 0 Å². The van der Waals surface area contributed by atoms with Crippen LogP contribution in [0, 0.1) is 29.3 Å². The largest absolute Gasteiger partial charge is 0.424 e. The van der Waals surface area contributed by atoms with Crippen molar-refractivity contribution in [1.82, 2.24) is 0 Å². The first kappa shape index (κ1) is 11.4. The smallest absolute Gasteiger partial charge is 0.286 e. The first-order chi connectivity index (χ1) is 6.72. The van der Waals surface area contributed by atoms with Gasteiger partial charge in [0.05, 0.1) is 0 Å². The van der Waals surface area contributed by atoms with E-state index in [1.807, 2.05) is 6.26 Å². The summed E-state index contributed by atoms with van der Waals surface area (Å²) in [7, 11) is 0. The lowest BCUT2D eigenvalue weighted by atomic mass is 9.72. The van der Waals surface area contributed by atoms with Crippen molar-refractivity contribution in [1.29, 1.82) is 5.26 Å². The summed E-state index contributed by atoms with van der Waals surface area (Å²) in [5.41, 5.74) is 0. The molecular weight excluding hydrogens is 174 g/mol. The highest BCUT2D eigenvalue weighted by Crippen LogP contribution is 2.38. The molecule has 2 heteroatoms. The highest BCUT2D eigenvalue weighted by atomic mass is 16.5. The molecule has 1 fully saturated rings. The average Bonchev–Trinajstić information content (AvgIpc) is 2.20. The minimum atomic E-state index is 0.174. The van der Waals surface area contributed by atoms with E-state index >= 15 is 0 Å². The van der Waals surface area contributed by atoms with Crippen LogP contribution in [0.2, 0.25) is 0 Å². The molecule has 0 aromatic carbocycles. The summed E-state index contributed by atoms with van der Waals surface area (Å²) >= 11 is 0. The van der Waals surface area contributed by atoms with Gasteiger partial charge in [0, 0.05) is 0 Å². The Labute approximate surface area is 87.3 Å². The molecule has 0 spiro atoms. The Balaban J connectivity index is 2.62. The SMILES string of the molecule is CCC1CC(C)C(OC#N)C(CC)C1. The Morgan fingerprint density at radius 1 is 1.29 bits per heavy atom. The third-order valence-corrected chi connectivity index (χ3v) is 3.66. The molecule has 1 rings (SSSR count). The zero-order chi connectivity index (χ0) is 10.6. The molecule has 0 aromatic heterocycles. The third-order valence-electron chi connectivity index (χ3n) is 3.66. The van der Waals surface area contributed by atoms with Crippen LogP contribution in [-0.2, 0) is 4.74 Å². The first-order valence-corrected chi connectivity index (χ1v) is 5.77. The van der Waals surface area contributed by atoms with Crippen molar-refractivity contribution in [2.45, 2.75) is 52.6 Å². The van der Waals surface area contributed by atoms with E-state index in [1.54, 1.807) is 0 Å². The van der Waals surface area contributed by atoms with Crippen LogP contribution in [-0.4, -0.2) is 6.10 Å². The van der Waals surface area contributed by atoms with Crippen molar-refractivity contribution < 1.29 is 4.74 Å². The van der Waals surface area contributed by atoms with Crippen LogP contribution in [0.4, 0.5) is 0 Å². The summed E-state index contributed by atoms with van der Waals surface area (Å²) in [5, 5.41) is 8.60. The molecule has 1 aliphatic carbocycles. The Bertz CT molecular complexity index is 209. The molecule has 0 saturated heterocycles. The summed E-state index contributed by atoms with van der Waals surface area (Å²) < 4.78 is 5.20. The Morgan fingerprint density at radius 2 is 2.00 bits per heavy atom. The van der Waals surface area contributed by atoms with Gasteiger partial charge < -0.3 is 4.74 Å². The average molecular weight is 195 g/mol. The lowest BCUT2D eigenvalue weighted by Crippen LogP contribution is -2.36. The van der Waals surface area contributed by atoms with Crippen LogP contribution >= 0.6 is 0 Å². The normalized spacial score (nSPS) is 37.6. The van der Waals surface area contributed by atoms with E-state index in [1.165, 1.54) is 19.3 Å². The molecule has 0 aliphatic heterocycles. The van der Waals surface area contributed by atoms with E-state index in [4.69, 9.17) is 10.00 Å². The summed E-state index contributed by atoms with van der Waals surface area (Å²) in [5.74, 6) is 1.97. The van der Waals surface area contributed by atoms with Gasteiger partial charge in [-0.2, -0.15) is 5.26 Å². The zero-order valence-corrected chi connectivity index (χ0v) is 9.49. The van der Waals surface area contributed by atoms with Gasteiger partial charge >= 0.3 is 0 Å². The number of nitrogens with zero attached hydrogens (tertiary/aromatic N) is 1. The van der Waals surface area contributed by atoms with Gasteiger partial charge in [-0.05, 0) is 37.0 Å². The van der Waals surface area contributed by atoms with Crippen LogP contribution in [0.15, 0.2) is 0 Å². The van der Waals surface area contributed by atoms with Gasteiger partial charge in [0.1, 0.15) is 6.10 Å². The van der Waals surface area contributed by atoms with Crippen LogP contribution in [0.25, 0.3) is 0 Å². The fourth-order valence-corrected chi connectivity index (χ4v) is 2.79. The van der Waals surface area contributed by atoms with Gasteiger partial charge in [0.15, 0.2) is 0 Å². The maximum Gasteiger partial charge on any atom is 0.286 e. The van der Waals surface area contributed by atoms with Gasteiger partial charge in [-0.1, -0.05) is 27.2 Å². The summed E-state index contributed by atoms with van der Waals surface area (Å²) in [4.78, 5) is 0. The maximum atomic E-state index is 8.60. The van der Waals surface area contributed by atoms with Crippen molar-refractivity contribution in [3.63, 3.8) is 0 Å². The molecule has 0 N–H and O–H groups in total. The van der Waals surface area contributed by atoms with Crippen molar-refractivity contribution in [2.24, 2.45) is 17.8 Å². The monoisotopic (exact) mass is 195 g/mol. The molecule has 0 aromatic rings. The highest BCUT2D eigenvalue weighted by Gasteiger charge is 2.35. The first-order valence-electron chi connectivity index (χ1n) is 5.77. The molecule has 80 valence electrons. The molecule has 4 unspecified atom stereocenters. The minimum Gasteiger partial charge on any atom is -0.424 e. The molecule has 14 heavy (non-hydrogen) atoms. The molecule has 0 bridgehead atoms. The standard InChI is InChI=1S/C12H21NO/c1-4-10-6-9(3)12(14-8-13)11(5-2)7-10/h9-12H,4-7H2,1-3H3. The van der Waals surface area contributed by atoms with E-state index in [2.05, 4.69) is 20.8 Å². The fourth-order valence-electron chi connectivity index (χ4n) is 2.79. The van der Waals surface area contributed by atoms with E-state index in [0.29, 0.717) is 11.8 Å². The number of ether oxygens (including phenoxy) is 1.